The van der Waals surface area contributed by atoms with Gasteiger partial charge in [-0.2, -0.15) is 0 Å². The van der Waals surface area contributed by atoms with Gasteiger partial charge < -0.3 is 14.8 Å². The third kappa shape index (κ3) is 4.27. The first-order chi connectivity index (χ1) is 17.3. The van der Waals surface area contributed by atoms with Gasteiger partial charge in [0.1, 0.15) is 12.4 Å². The smallest absolute Gasteiger partial charge is 0.336 e. The number of Topliss-reactive ketones (excluding diaryl/α,β-unsaturated/α-hetero) is 1. The molecule has 0 aromatic heterocycles. The van der Waals surface area contributed by atoms with E-state index in [1.807, 2.05) is 67.6 Å². The van der Waals surface area contributed by atoms with Gasteiger partial charge in [0.2, 0.25) is 0 Å². The predicted molar refractivity (Wildman–Crippen MR) is 151 cm³/mol. The number of rotatable bonds is 5. The fourth-order valence-electron chi connectivity index (χ4n) is 4.69. The number of carbonyl (C=O) groups is 2. The van der Waals surface area contributed by atoms with Crippen LogP contribution < -0.4 is 10.1 Å². The Hall–Kier alpha value is -2.62. The second-order valence-corrected chi connectivity index (χ2v) is 10.9. The summed E-state index contributed by atoms with van der Waals surface area (Å²) in [6.07, 6.45) is 0. The summed E-state index contributed by atoms with van der Waals surface area (Å²) < 4.78 is 12.8. The Morgan fingerprint density at radius 1 is 1.11 bits per heavy atom. The summed E-state index contributed by atoms with van der Waals surface area (Å²) in [5.74, 6) is -0.526. The van der Waals surface area contributed by atoms with Gasteiger partial charge in [-0.15, -0.1) is 0 Å². The van der Waals surface area contributed by atoms with Crippen LogP contribution in [0.25, 0.3) is 5.70 Å². The molecule has 182 valence electrons. The topological polar surface area (TPSA) is 64.6 Å². The third-order valence-corrected chi connectivity index (χ3v) is 8.10. The van der Waals surface area contributed by atoms with E-state index in [2.05, 4.69) is 43.8 Å². The lowest BCUT2D eigenvalue weighted by Crippen LogP contribution is -2.29. The van der Waals surface area contributed by atoms with E-state index in [1.54, 1.807) is 0 Å². The van der Waals surface area contributed by atoms with Crippen molar-refractivity contribution in [3.05, 3.63) is 113 Å². The SMILES string of the molecule is COC(=O)C1=C(C)NC2=C(C(=O)c3ccccc32)[C@H]1c1cc(Br)c(OCc2ccccc2Cl)c(I)c1. The molecule has 2 aliphatic rings. The molecule has 0 spiro atoms. The van der Waals surface area contributed by atoms with Crippen molar-refractivity contribution in [1.82, 2.24) is 5.32 Å². The molecule has 1 N–H and O–H groups in total. The quantitative estimate of drug-likeness (QED) is 0.233. The molecule has 0 bridgehead atoms. The van der Waals surface area contributed by atoms with Crippen LogP contribution in [0, 0.1) is 3.57 Å². The maximum absolute atomic E-state index is 13.6. The number of allylic oxidation sites excluding steroid dienone is 2. The molecule has 36 heavy (non-hydrogen) atoms. The summed E-state index contributed by atoms with van der Waals surface area (Å²) in [6.45, 7) is 2.13. The van der Waals surface area contributed by atoms with Crippen LogP contribution in [0.5, 0.6) is 5.75 Å². The van der Waals surface area contributed by atoms with Crippen molar-refractivity contribution >= 4 is 67.6 Å². The van der Waals surface area contributed by atoms with Crippen molar-refractivity contribution in [3.63, 3.8) is 0 Å². The molecule has 0 unspecified atom stereocenters. The second-order valence-electron chi connectivity index (χ2n) is 8.45. The summed E-state index contributed by atoms with van der Waals surface area (Å²) in [4.78, 5) is 26.5. The summed E-state index contributed by atoms with van der Waals surface area (Å²) in [5.41, 5.74) is 5.44. The van der Waals surface area contributed by atoms with Crippen molar-refractivity contribution in [1.29, 1.82) is 0 Å². The molecule has 0 saturated heterocycles. The zero-order valence-electron chi connectivity index (χ0n) is 19.3. The first kappa shape index (κ1) is 25.0. The van der Waals surface area contributed by atoms with Gasteiger partial charge in [0.05, 0.1) is 26.4 Å². The Morgan fingerprint density at radius 2 is 1.81 bits per heavy atom. The zero-order valence-corrected chi connectivity index (χ0v) is 23.8. The van der Waals surface area contributed by atoms with E-state index in [1.165, 1.54) is 7.11 Å². The average molecular weight is 677 g/mol. The molecular formula is C28H20BrClINO4. The van der Waals surface area contributed by atoms with Gasteiger partial charge >= 0.3 is 5.97 Å². The molecule has 3 aromatic carbocycles. The number of methoxy groups -OCH3 is 1. The minimum Gasteiger partial charge on any atom is -0.487 e. The van der Waals surface area contributed by atoms with Crippen molar-refractivity contribution in [2.24, 2.45) is 0 Å². The second kappa shape index (κ2) is 10.0. The van der Waals surface area contributed by atoms with Gasteiger partial charge in [-0.1, -0.05) is 54.1 Å². The molecular weight excluding hydrogens is 657 g/mol. The van der Waals surface area contributed by atoms with Crippen LogP contribution >= 0.6 is 50.1 Å². The minimum atomic E-state index is -0.601. The van der Waals surface area contributed by atoms with Crippen LogP contribution in [0.2, 0.25) is 5.02 Å². The monoisotopic (exact) mass is 675 g/mol. The Labute approximate surface area is 235 Å². The molecule has 5 rings (SSSR count). The molecule has 1 aliphatic heterocycles. The molecule has 5 nitrogen and oxygen atoms in total. The lowest BCUT2D eigenvalue weighted by Gasteiger charge is -2.29. The number of halogens is 3. The molecule has 1 heterocycles. The van der Waals surface area contributed by atoms with Gasteiger partial charge in [0.15, 0.2) is 5.78 Å². The number of fused-ring (bicyclic) bond motifs is 2. The van der Waals surface area contributed by atoms with Crippen molar-refractivity contribution in [3.8, 4) is 5.75 Å². The number of nitrogens with one attached hydrogen (secondary N) is 1. The van der Waals surface area contributed by atoms with E-state index in [0.29, 0.717) is 44.3 Å². The number of benzene rings is 3. The predicted octanol–water partition coefficient (Wildman–Crippen LogP) is 7.03. The maximum Gasteiger partial charge on any atom is 0.336 e. The van der Waals surface area contributed by atoms with Crippen molar-refractivity contribution < 1.29 is 19.1 Å². The van der Waals surface area contributed by atoms with Crippen LogP contribution in [0.15, 0.2) is 82.0 Å². The average Bonchev–Trinajstić information content (AvgIpc) is 3.14. The third-order valence-electron chi connectivity index (χ3n) is 6.34. The maximum atomic E-state index is 13.6. The van der Waals surface area contributed by atoms with Gasteiger partial charge in [0, 0.05) is 38.9 Å². The molecule has 8 heteroatoms. The number of hydrogen-bond acceptors (Lipinski definition) is 5. The zero-order chi connectivity index (χ0) is 25.6. The fraction of sp³-hybridized carbons (Fsp3) is 0.143. The molecule has 0 radical (unpaired) electrons. The Morgan fingerprint density at radius 3 is 2.50 bits per heavy atom. The van der Waals surface area contributed by atoms with E-state index in [4.69, 9.17) is 21.1 Å². The molecule has 0 amide bonds. The highest BCUT2D eigenvalue weighted by atomic mass is 127. The van der Waals surface area contributed by atoms with Crippen molar-refractivity contribution in [2.75, 3.05) is 7.11 Å². The number of carbonyl (C=O) groups excluding carboxylic acids is 2. The Balaban J connectivity index is 1.59. The van der Waals surface area contributed by atoms with Crippen LogP contribution in [-0.4, -0.2) is 18.9 Å². The normalized spacial score (nSPS) is 16.5. The van der Waals surface area contributed by atoms with Crippen LogP contribution in [0.4, 0.5) is 0 Å². The number of dihydropyridines is 1. The number of ketones is 1. The van der Waals surface area contributed by atoms with Gasteiger partial charge in [0.25, 0.3) is 0 Å². The molecule has 1 atom stereocenters. The first-order valence-corrected chi connectivity index (χ1v) is 13.4. The summed E-state index contributed by atoms with van der Waals surface area (Å²) in [6, 6.07) is 18.8. The van der Waals surface area contributed by atoms with Crippen LogP contribution in [0.1, 0.15) is 39.9 Å². The minimum absolute atomic E-state index is 0.0998. The fourth-order valence-corrected chi connectivity index (χ4v) is 6.65. The van der Waals surface area contributed by atoms with Gasteiger partial charge in [-0.05, 0) is 69.2 Å². The molecule has 0 fully saturated rings. The summed E-state index contributed by atoms with van der Waals surface area (Å²) in [5, 5.41) is 3.94. The molecule has 0 saturated carbocycles. The number of hydrogen-bond donors (Lipinski definition) is 1. The van der Waals surface area contributed by atoms with Gasteiger partial charge in [-0.25, -0.2) is 4.79 Å². The lowest BCUT2D eigenvalue weighted by atomic mass is 9.80. The van der Waals surface area contributed by atoms with E-state index in [-0.39, 0.29) is 5.78 Å². The number of ether oxygens (including phenoxy) is 2. The van der Waals surface area contributed by atoms with E-state index >= 15 is 0 Å². The highest BCUT2D eigenvalue weighted by molar-refractivity contribution is 14.1. The Bertz CT molecular complexity index is 1470. The van der Waals surface area contributed by atoms with Crippen LogP contribution in [-0.2, 0) is 16.1 Å². The largest absolute Gasteiger partial charge is 0.487 e. The highest BCUT2D eigenvalue weighted by Gasteiger charge is 2.43. The molecule has 1 aliphatic carbocycles. The highest BCUT2D eigenvalue weighted by Crippen LogP contribution is 2.48. The lowest BCUT2D eigenvalue weighted by molar-refractivity contribution is -0.136. The van der Waals surface area contributed by atoms with Crippen LogP contribution in [0.3, 0.4) is 0 Å². The summed E-state index contributed by atoms with van der Waals surface area (Å²) in [7, 11) is 1.35. The first-order valence-electron chi connectivity index (χ1n) is 11.1. The Kier molecular flexibility index (Phi) is 6.98. The van der Waals surface area contributed by atoms with E-state index < -0.39 is 11.9 Å². The van der Waals surface area contributed by atoms with Crippen molar-refractivity contribution in [2.45, 2.75) is 19.4 Å². The van der Waals surface area contributed by atoms with E-state index in [9.17, 15) is 9.59 Å². The van der Waals surface area contributed by atoms with Gasteiger partial charge in [-0.3, -0.25) is 4.79 Å². The standard InChI is InChI=1S/C28H20BrClINO4/c1-14-22(28(34)35-2)23(24-25(32-14)17-8-4-5-9-18(17)26(24)33)16-11-19(29)27(21(31)12-16)36-13-15-7-3-6-10-20(15)30/h3-12,23,32H,13H2,1-2H3/t23-/m0/s1. The summed E-state index contributed by atoms with van der Waals surface area (Å²) >= 11 is 12.1. The molecule has 3 aromatic rings. The number of esters is 1. The van der Waals surface area contributed by atoms with E-state index in [0.717, 1.165) is 26.0 Å².